The van der Waals surface area contributed by atoms with Crippen LogP contribution in [0.3, 0.4) is 0 Å². The minimum atomic E-state index is -0.242. The van der Waals surface area contributed by atoms with Crippen molar-refractivity contribution in [2.24, 2.45) is 4.99 Å². The summed E-state index contributed by atoms with van der Waals surface area (Å²) in [6.07, 6.45) is 0. The molecule has 0 unspecified atom stereocenters. The lowest BCUT2D eigenvalue weighted by atomic mass is 10.1. The Bertz CT molecular complexity index is 1170. The van der Waals surface area contributed by atoms with Gasteiger partial charge >= 0.3 is 0 Å². The van der Waals surface area contributed by atoms with Gasteiger partial charge in [-0.15, -0.1) is 0 Å². The van der Waals surface area contributed by atoms with Crippen LogP contribution in [0, 0.1) is 19.7 Å². The Hall–Kier alpha value is -3.22. The smallest absolute Gasteiger partial charge is 0.257 e. The number of nitrogens with zero attached hydrogens (tertiary/aromatic N) is 3. The molecule has 0 aliphatic carbocycles. The maximum atomic E-state index is 14.1. The largest absolute Gasteiger partial charge is 0.340 e. The van der Waals surface area contributed by atoms with E-state index in [1.807, 2.05) is 38.1 Å². The lowest BCUT2D eigenvalue weighted by Gasteiger charge is -2.36. The van der Waals surface area contributed by atoms with Crippen LogP contribution in [0.5, 0.6) is 0 Å². The van der Waals surface area contributed by atoms with Crippen molar-refractivity contribution in [1.29, 1.82) is 0 Å². The van der Waals surface area contributed by atoms with Crippen molar-refractivity contribution in [2.45, 2.75) is 20.4 Å². The zero-order valence-electron chi connectivity index (χ0n) is 19.4. The van der Waals surface area contributed by atoms with Crippen LogP contribution < -0.4 is 5.32 Å². The highest BCUT2D eigenvalue weighted by Crippen LogP contribution is 2.19. The highest BCUT2D eigenvalue weighted by molar-refractivity contribution is 6.30. The van der Waals surface area contributed by atoms with Gasteiger partial charge in [-0.2, -0.15) is 0 Å². The van der Waals surface area contributed by atoms with E-state index >= 15 is 0 Å². The molecule has 0 radical (unpaired) electrons. The topological polar surface area (TPSA) is 47.9 Å². The molecule has 0 atom stereocenters. The van der Waals surface area contributed by atoms with E-state index in [4.69, 9.17) is 16.6 Å². The van der Waals surface area contributed by atoms with Gasteiger partial charge < -0.3 is 4.90 Å². The normalized spacial score (nSPS) is 14.8. The summed E-state index contributed by atoms with van der Waals surface area (Å²) in [5.41, 5.74) is 4.21. The van der Waals surface area contributed by atoms with E-state index in [1.54, 1.807) is 30.3 Å². The molecule has 3 aromatic carbocycles. The van der Waals surface area contributed by atoms with Crippen LogP contribution in [0.15, 0.2) is 71.7 Å². The number of guanidine groups is 1. The van der Waals surface area contributed by atoms with Gasteiger partial charge in [0.25, 0.3) is 5.91 Å². The molecule has 4 rings (SSSR count). The van der Waals surface area contributed by atoms with Crippen molar-refractivity contribution < 1.29 is 9.18 Å². The fourth-order valence-corrected chi connectivity index (χ4v) is 4.20. The minimum absolute atomic E-state index is 0.183. The molecular weight excluding hydrogens is 451 g/mol. The highest BCUT2D eigenvalue weighted by atomic mass is 35.5. The van der Waals surface area contributed by atoms with Crippen LogP contribution in [0.25, 0.3) is 0 Å². The van der Waals surface area contributed by atoms with Crippen LogP contribution >= 0.6 is 11.6 Å². The zero-order valence-corrected chi connectivity index (χ0v) is 20.1. The number of hydrogen-bond donors (Lipinski definition) is 1. The quantitative estimate of drug-likeness (QED) is 0.407. The second kappa shape index (κ2) is 10.8. The molecule has 1 fully saturated rings. The zero-order chi connectivity index (χ0) is 24.1. The molecule has 1 aliphatic heterocycles. The molecule has 0 saturated carbocycles. The second-order valence-electron chi connectivity index (χ2n) is 8.60. The molecule has 1 heterocycles. The number of aliphatic imine (C=N–C) groups is 1. The number of nitrogens with one attached hydrogen (secondary N) is 1. The van der Waals surface area contributed by atoms with Crippen LogP contribution in [0.4, 0.5) is 10.1 Å². The Morgan fingerprint density at radius 1 is 0.971 bits per heavy atom. The van der Waals surface area contributed by atoms with Crippen molar-refractivity contribution in [1.82, 2.24) is 15.1 Å². The molecule has 0 aromatic heterocycles. The third-order valence-corrected chi connectivity index (χ3v) is 6.05. The summed E-state index contributed by atoms with van der Waals surface area (Å²) in [6, 6.07) is 19.7. The Kier molecular flexibility index (Phi) is 7.60. The molecule has 3 aromatic rings. The number of benzene rings is 3. The van der Waals surface area contributed by atoms with Gasteiger partial charge in [-0.25, -0.2) is 9.38 Å². The predicted octanol–water partition coefficient (Wildman–Crippen LogP) is 5.33. The average molecular weight is 479 g/mol. The lowest BCUT2D eigenvalue weighted by molar-refractivity contribution is 0.0967. The molecule has 7 heteroatoms. The number of halogens is 2. The summed E-state index contributed by atoms with van der Waals surface area (Å²) in [6.45, 7) is 7.41. The van der Waals surface area contributed by atoms with Gasteiger partial charge in [-0.3, -0.25) is 15.0 Å². The Morgan fingerprint density at radius 3 is 2.26 bits per heavy atom. The maximum absolute atomic E-state index is 14.1. The van der Waals surface area contributed by atoms with Crippen LogP contribution in [0.1, 0.15) is 27.0 Å². The van der Waals surface area contributed by atoms with Gasteiger partial charge in [0.2, 0.25) is 5.96 Å². The number of hydrogen-bond acceptors (Lipinski definition) is 3. The van der Waals surface area contributed by atoms with Crippen molar-refractivity contribution >= 4 is 29.2 Å². The molecule has 5 nitrogen and oxygen atoms in total. The van der Waals surface area contributed by atoms with E-state index in [9.17, 15) is 9.18 Å². The average Bonchev–Trinajstić information content (AvgIpc) is 2.80. The number of aryl methyl sites for hydroxylation is 2. The van der Waals surface area contributed by atoms with Gasteiger partial charge in [0.05, 0.1) is 5.69 Å². The lowest BCUT2D eigenvalue weighted by Crippen LogP contribution is -2.53. The first kappa shape index (κ1) is 23.9. The third kappa shape index (κ3) is 6.22. The van der Waals surface area contributed by atoms with Crippen LogP contribution in [-0.2, 0) is 6.54 Å². The molecule has 1 saturated heterocycles. The maximum Gasteiger partial charge on any atom is 0.257 e. The van der Waals surface area contributed by atoms with Gasteiger partial charge in [0.15, 0.2) is 0 Å². The van der Waals surface area contributed by atoms with Crippen molar-refractivity contribution in [2.75, 3.05) is 26.2 Å². The summed E-state index contributed by atoms with van der Waals surface area (Å²) in [7, 11) is 0. The molecule has 0 spiro atoms. The van der Waals surface area contributed by atoms with Gasteiger partial charge in [0.1, 0.15) is 5.82 Å². The van der Waals surface area contributed by atoms with Gasteiger partial charge in [-0.05, 0) is 67.4 Å². The summed E-state index contributed by atoms with van der Waals surface area (Å²) in [5.74, 6) is 0.0845. The first-order chi connectivity index (χ1) is 16.4. The van der Waals surface area contributed by atoms with E-state index < -0.39 is 0 Å². The fraction of sp³-hybridized carbons (Fsp3) is 0.259. The monoisotopic (exact) mass is 478 g/mol. The SMILES string of the molecule is Cc1cc(C)cc(N=C(NC(=O)c2ccc(Cl)cc2)N2CCN(Cc3ccccc3F)CC2)c1. The predicted molar refractivity (Wildman–Crippen MR) is 135 cm³/mol. The standard InChI is InChI=1S/C27H28ClFN4O/c1-19-15-20(2)17-24(16-19)30-27(31-26(34)21-7-9-23(28)10-8-21)33-13-11-32(12-14-33)18-22-5-3-4-6-25(22)29/h3-10,15-17H,11-14,18H2,1-2H3,(H,30,31,34). The number of rotatable bonds is 4. The van der Waals surface area contributed by atoms with Crippen LogP contribution in [0.2, 0.25) is 5.02 Å². The van der Waals surface area contributed by atoms with Gasteiger partial charge in [0, 0.05) is 48.9 Å². The van der Waals surface area contributed by atoms with E-state index in [0.29, 0.717) is 41.7 Å². The number of piperazine rings is 1. The molecule has 0 bridgehead atoms. The summed E-state index contributed by atoms with van der Waals surface area (Å²) in [5, 5.41) is 3.57. The molecule has 1 N–H and O–H groups in total. The highest BCUT2D eigenvalue weighted by Gasteiger charge is 2.22. The van der Waals surface area contributed by atoms with Crippen molar-refractivity contribution in [3.63, 3.8) is 0 Å². The van der Waals surface area contributed by atoms with E-state index in [-0.39, 0.29) is 11.7 Å². The van der Waals surface area contributed by atoms with E-state index in [0.717, 1.165) is 29.9 Å². The number of carbonyl (C=O) groups is 1. The third-order valence-electron chi connectivity index (χ3n) is 5.80. The molecule has 1 amide bonds. The van der Waals surface area contributed by atoms with Gasteiger partial charge in [-0.1, -0.05) is 35.9 Å². The van der Waals surface area contributed by atoms with Crippen molar-refractivity contribution in [3.8, 4) is 0 Å². The first-order valence-electron chi connectivity index (χ1n) is 11.3. The molecule has 34 heavy (non-hydrogen) atoms. The molecule has 176 valence electrons. The van der Waals surface area contributed by atoms with E-state index in [2.05, 4.69) is 21.2 Å². The minimum Gasteiger partial charge on any atom is -0.340 e. The summed E-state index contributed by atoms with van der Waals surface area (Å²) < 4.78 is 14.1. The summed E-state index contributed by atoms with van der Waals surface area (Å²) >= 11 is 5.97. The Labute approximate surface area is 204 Å². The van der Waals surface area contributed by atoms with Crippen molar-refractivity contribution in [3.05, 3.63) is 99.8 Å². The van der Waals surface area contributed by atoms with E-state index in [1.165, 1.54) is 6.07 Å². The first-order valence-corrected chi connectivity index (χ1v) is 11.7. The Morgan fingerprint density at radius 2 is 1.62 bits per heavy atom. The Balaban J connectivity index is 1.52. The fourth-order valence-electron chi connectivity index (χ4n) is 4.08. The van der Waals surface area contributed by atoms with Crippen LogP contribution in [-0.4, -0.2) is 47.8 Å². The number of carbonyl (C=O) groups excluding carboxylic acids is 1. The molecule has 1 aliphatic rings. The molecular formula is C27H28ClFN4O. The number of amides is 1. The summed E-state index contributed by atoms with van der Waals surface area (Å²) in [4.78, 5) is 22.1. The second-order valence-corrected chi connectivity index (χ2v) is 9.03.